The lowest BCUT2D eigenvalue weighted by atomic mass is 10.2. The predicted octanol–water partition coefficient (Wildman–Crippen LogP) is 2.87. The largest absolute Gasteiger partial charge is 0.312 e. The third-order valence-corrected chi connectivity index (χ3v) is 7.01. The van der Waals surface area contributed by atoms with E-state index >= 15 is 0 Å². The summed E-state index contributed by atoms with van der Waals surface area (Å²) in [5.41, 5.74) is 1.74. The van der Waals surface area contributed by atoms with Crippen molar-refractivity contribution in [2.24, 2.45) is 0 Å². The molecule has 2 aromatic rings. The summed E-state index contributed by atoms with van der Waals surface area (Å²) >= 11 is 1.55. The number of anilines is 1. The van der Waals surface area contributed by atoms with Crippen molar-refractivity contribution in [1.29, 1.82) is 0 Å². The average molecular weight is 364 g/mol. The van der Waals surface area contributed by atoms with E-state index in [4.69, 9.17) is 0 Å². The molecule has 24 heavy (non-hydrogen) atoms. The SMILES string of the molecule is CCN(Cc1cccs1)S(=O)(=O)c1ccc2c(c1)CCN2C(C)=O. The summed E-state index contributed by atoms with van der Waals surface area (Å²) in [5, 5.41) is 1.95. The predicted molar refractivity (Wildman–Crippen MR) is 95.8 cm³/mol. The second-order valence-corrected chi connectivity index (χ2v) is 8.69. The molecule has 1 amide bonds. The fraction of sp³-hybridized carbons (Fsp3) is 0.353. The van der Waals surface area contributed by atoms with Crippen LogP contribution in [0.15, 0.2) is 40.6 Å². The molecule has 5 nitrogen and oxygen atoms in total. The summed E-state index contributed by atoms with van der Waals surface area (Å²) in [4.78, 5) is 14.6. The number of thiophene rings is 1. The van der Waals surface area contributed by atoms with Gasteiger partial charge in [0.2, 0.25) is 15.9 Å². The van der Waals surface area contributed by atoms with Gasteiger partial charge in [0, 0.05) is 37.1 Å². The van der Waals surface area contributed by atoms with E-state index in [0.29, 0.717) is 31.0 Å². The molecular weight excluding hydrogens is 344 g/mol. The lowest BCUT2D eigenvalue weighted by molar-refractivity contribution is -0.116. The van der Waals surface area contributed by atoms with Crippen LogP contribution in [0, 0.1) is 0 Å². The highest BCUT2D eigenvalue weighted by molar-refractivity contribution is 7.89. The first kappa shape index (κ1) is 17.1. The van der Waals surface area contributed by atoms with Gasteiger partial charge in [-0.2, -0.15) is 4.31 Å². The monoisotopic (exact) mass is 364 g/mol. The molecule has 0 bridgehead atoms. The van der Waals surface area contributed by atoms with E-state index in [2.05, 4.69) is 0 Å². The van der Waals surface area contributed by atoms with Crippen molar-refractivity contribution in [2.45, 2.75) is 31.7 Å². The first-order valence-electron chi connectivity index (χ1n) is 7.87. The number of sulfonamides is 1. The molecule has 2 heterocycles. The summed E-state index contributed by atoms with van der Waals surface area (Å²) in [6.07, 6.45) is 0.690. The molecule has 0 N–H and O–H groups in total. The molecule has 0 unspecified atom stereocenters. The zero-order chi connectivity index (χ0) is 17.3. The molecule has 3 rings (SSSR count). The van der Waals surface area contributed by atoms with Crippen LogP contribution >= 0.6 is 11.3 Å². The summed E-state index contributed by atoms with van der Waals surface area (Å²) in [7, 11) is -3.55. The first-order chi connectivity index (χ1) is 11.4. The highest BCUT2D eigenvalue weighted by Crippen LogP contribution is 2.31. The number of carbonyl (C=O) groups is 1. The van der Waals surface area contributed by atoms with Gasteiger partial charge in [-0.15, -0.1) is 11.3 Å². The van der Waals surface area contributed by atoms with E-state index < -0.39 is 10.0 Å². The number of carbonyl (C=O) groups excluding carboxylic acids is 1. The molecule has 1 aromatic heterocycles. The van der Waals surface area contributed by atoms with E-state index in [1.807, 2.05) is 24.4 Å². The Morgan fingerprint density at radius 2 is 2.12 bits per heavy atom. The molecule has 0 spiro atoms. The Hall–Kier alpha value is -1.70. The van der Waals surface area contributed by atoms with Crippen LogP contribution in [-0.2, 0) is 27.8 Å². The van der Waals surface area contributed by atoms with Gasteiger partial charge in [-0.05, 0) is 41.6 Å². The lowest BCUT2D eigenvalue weighted by Crippen LogP contribution is -2.30. The van der Waals surface area contributed by atoms with Gasteiger partial charge in [0.05, 0.1) is 4.90 Å². The van der Waals surface area contributed by atoms with E-state index in [1.165, 1.54) is 11.2 Å². The van der Waals surface area contributed by atoms with E-state index in [-0.39, 0.29) is 5.91 Å². The van der Waals surface area contributed by atoms with Crippen LogP contribution < -0.4 is 4.90 Å². The van der Waals surface area contributed by atoms with Crippen LogP contribution in [0.2, 0.25) is 0 Å². The number of rotatable bonds is 5. The van der Waals surface area contributed by atoms with Gasteiger partial charge < -0.3 is 4.90 Å². The van der Waals surface area contributed by atoms with Crippen molar-refractivity contribution in [2.75, 3.05) is 18.0 Å². The number of benzene rings is 1. The molecule has 0 fully saturated rings. The van der Waals surface area contributed by atoms with Gasteiger partial charge in [-0.25, -0.2) is 8.42 Å². The maximum absolute atomic E-state index is 13.0. The van der Waals surface area contributed by atoms with E-state index in [1.54, 1.807) is 34.4 Å². The van der Waals surface area contributed by atoms with Crippen LogP contribution in [0.1, 0.15) is 24.3 Å². The lowest BCUT2D eigenvalue weighted by Gasteiger charge is -2.21. The van der Waals surface area contributed by atoms with Gasteiger partial charge in [-0.3, -0.25) is 4.79 Å². The molecule has 0 aliphatic carbocycles. The van der Waals surface area contributed by atoms with Crippen LogP contribution in [0.4, 0.5) is 5.69 Å². The van der Waals surface area contributed by atoms with Crippen molar-refractivity contribution in [3.05, 3.63) is 46.2 Å². The van der Waals surface area contributed by atoms with Crippen molar-refractivity contribution >= 4 is 33.0 Å². The van der Waals surface area contributed by atoms with Crippen LogP contribution in [-0.4, -0.2) is 31.7 Å². The van der Waals surface area contributed by atoms with Gasteiger partial charge in [0.15, 0.2) is 0 Å². The van der Waals surface area contributed by atoms with Crippen molar-refractivity contribution in [3.8, 4) is 0 Å². The molecule has 7 heteroatoms. The minimum atomic E-state index is -3.55. The topological polar surface area (TPSA) is 57.7 Å². The maximum atomic E-state index is 13.0. The normalized spacial score (nSPS) is 14.2. The van der Waals surface area contributed by atoms with Crippen LogP contribution in [0.3, 0.4) is 0 Å². The highest BCUT2D eigenvalue weighted by atomic mass is 32.2. The van der Waals surface area contributed by atoms with Gasteiger partial charge in [0.25, 0.3) is 0 Å². The van der Waals surface area contributed by atoms with Crippen molar-refractivity contribution in [3.63, 3.8) is 0 Å². The number of nitrogens with zero attached hydrogens (tertiary/aromatic N) is 2. The summed E-state index contributed by atoms with van der Waals surface area (Å²) in [6, 6.07) is 8.93. The fourth-order valence-corrected chi connectivity index (χ4v) is 5.24. The Kier molecular flexibility index (Phi) is 4.76. The fourth-order valence-electron chi connectivity index (χ4n) is 2.96. The van der Waals surface area contributed by atoms with E-state index in [9.17, 15) is 13.2 Å². The van der Waals surface area contributed by atoms with Gasteiger partial charge in [0.1, 0.15) is 0 Å². The number of fused-ring (bicyclic) bond motifs is 1. The third-order valence-electron chi connectivity index (χ3n) is 4.23. The summed E-state index contributed by atoms with van der Waals surface area (Å²) in [6.45, 7) is 4.78. The molecule has 1 aliphatic heterocycles. The van der Waals surface area contributed by atoms with Crippen molar-refractivity contribution < 1.29 is 13.2 Å². The molecule has 0 radical (unpaired) electrons. The maximum Gasteiger partial charge on any atom is 0.243 e. The zero-order valence-electron chi connectivity index (χ0n) is 13.7. The quantitative estimate of drug-likeness (QED) is 0.820. The Morgan fingerprint density at radius 1 is 1.33 bits per heavy atom. The zero-order valence-corrected chi connectivity index (χ0v) is 15.4. The highest BCUT2D eigenvalue weighted by Gasteiger charge is 2.28. The minimum absolute atomic E-state index is 0.0164. The van der Waals surface area contributed by atoms with Crippen molar-refractivity contribution in [1.82, 2.24) is 4.31 Å². The first-order valence-corrected chi connectivity index (χ1v) is 10.2. The molecular formula is C17H20N2O3S2. The summed E-state index contributed by atoms with van der Waals surface area (Å²) < 4.78 is 27.4. The standard InChI is InChI=1S/C17H20N2O3S2/c1-3-18(12-15-5-4-10-23-15)24(21,22)16-6-7-17-14(11-16)8-9-19(17)13(2)20/h4-7,10-11H,3,8-9,12H2,1-2H3. The molecule has 128 valence electrons. The number of amides is 1. The average Bonchev–Trinajstić information content (AvgIpc) is 3.20. The molecule has 0 saturated heterocycles. The van der Waals surface area contributed by atoms with Crippen LogP contribution in [0.25, 0.3) is 0 Å². The third kappa shape index (κ3) is 3.11. The van der Waals surface area contributed by atoms with Crippen LogP contribution in [0.5, 0.6) is 0 Å². The Bertz CT molecular complexity index is 845. The Labute approximate surface area is 146 Å². The van der Waals surface area contributed by atoms with E-state index in [0.717, 1.165) is 16.1 Å². The second-order valence-electron chi connectivity index (χ2n) is 5.72. The summed E-state index contributed by atoms with van der Waals surface area (Å²) in [5.74, 6) is -0.0164. The number of hydrogen-bond donors (Lipinski definition) is 0. The molecule has 0 atom stereocenters. The minimum Gasteiger partial charge on any atom is -0.312 e. The second kappa shape index (κ2) is 6.66. The van der Waals surface area contributed by atoms with Gasteiger partial charge in [-0.1, -0.05) is 13.0 Å². The molecule has 0 saturated carbocycles. The molecule has 1 aliphatic rings. The molecule has 1 aromatic carbocycles. The smallest absolute Gasteiger partial charge is 0.243 e. The Balaban J connectivity index is 1.91. The van der Waals surface area contributed by atoms with Gasteiger partial charge >= 0.3 is 0 Å². The Morgan fingerprint density at radius 3 is 2.75 bits per heavy atom. The number of hydrogen-bond acceptors (Lipinski definition) is 4.